The van der Waals surface area contributed by atoms with E-state index in [4.69, 9.17) is 4.74 Å². The van der Waals surface area contributed by atoms with Gasteiger partial charge >= 0.3 is 5.97 Å². The minimum absolute atomic E-state index is 0.0878. The summed E-state index contributed by atoms with van der Waals surface area (Å²) in [7, 11) is -2.09. The van der Waals surface area contributed by atoms with Crippen LogP contribution in [0.25, 0.3) is 10.9 Å². The van der Waals surface area contributed by atoms with Crippen molar-refractivity contribution in [2.45, 2.75) is 11.8 Å². The highest BCUT2D eigenvalue weighted by Gasteiger charge is 2.23. The topological polar surface area (TPSA) is 76.6 Å². The molecule has 3 aromatic rings. The number of rotatable bonds is 5. The van der Waals surface area contributed by atoms with Crippen LogP contribution in [0.4, 0.5) is 0 Å². The molecule has 2 heterocycles. The van der Waals surface area contributed by atoms with Gasteiger partial charge in [0.15, 0.2) is 5.75 Å². The zero-order valence-electron chi connectivity index (χ0n) is 13.7. The van der Waals surface area contributed by atoms with E-state index < -0.39 is 16.0 Å². The highest BCUT2D eigenvalue weighted by Crippen LogP contribution is 2.26. The molecule has 0 atom stereocenters. The number of nitrogens with zero attached hydrogens (tertiary/aromatic N) is 2. The lowest BCUT2D eigenvalue weighted by atomic mass is 10.2. The summed E-state index contributed by atoms with van der Waals surface area (Å²) < 4.78 is 31.3. The average Bonchev–Trinajstić information content (AvgIpc) is 3.12. The fourth-order valence-corrected chi connectivity index (χ4v) is 4.54. The van der Waals surface area contributed by atoms with E-state index in [1.807, 2.05) is 12.1 Å². The number of para-hydroxylation sites is 1. The molecule has 3 rings (SSSR count). The third kappa shape index (κ3) is 3.41. The van der Waals surface area contributed by atoms with Crippen molar-refractivity contribution in [2.24, 2.45) is 0 Å². The van der Waals surface area contributed by atoms with E-state index in [9.17, 15) is 13.2 Å². The van der Waals surface area contributed by atoms with Crippen molar-refractivity contribution in [3.8, 4) is 5.75 Å². The summed E-state index contributed by atoms with van der Waals surface area (Å²) in [5.74, 6) is -0.268. The fraction of sp³-hybridized carbons (Fsp3) is 0.176. The molecule has 0 N–H and O–H groups in total. The van der Waals surface area contributed by atoms with Crippen molar-refractivity contribution < 1.29 is 17.9 Å². The minimum atomic E-state index is -3.59. The van der Waals surface area contributed by atoms with Crippen LogP contribution in [0.2, 0.25) is 0 Å². The Balaban J connectivity index is 1.87. The highest BCUT2D eigenvalue weighted by molar-refractivity contribution is 7.89. The van der Waals surface area contributed by atoms with Gasteiger partial charge in [0.1, 0.15) is 10.4 Å². The number of thiophene rings is 1. The van der Waals surface area contributed by atoms with E-state index in [1.165, 1.54) is 22.8 Å². The Hall–Kier alpha value is -2.29. The van der Waals surface area contributed by atoms with Crippen LogP contribution in [0.3, 0.4) is 0 Å². The molecule has 0 unspecified atom stereocenters. The van der Waals surface area contributed by atoms with E-state index in [2.05, 4.69) is 4.98 Å². The summed E-state index contributed by atoms with van der Waals surface area (Å²) in [4.78, 5) is 16.9. The Morgan fingerprint density at radius 2 is 2.04 bits per heavy atom. The first-order valence-electron chi connectivity index (χ1n) is 7.54. The number of pyridine rings is 1. The van der Waals surface area contributed by atoms with Crippen molar-refractivity contribution >= 4 is 38.2 Å². The van der Waals surface area contributed by atoms with Crippen molar-refractivity contribution in [1.29, 1.82) is 0 Å². The average molecular weight is 376 g/mol. The molecule has 0 aliphatic heterocycles. The van der Waals surface area contributed by atoms with Crippen LogP contribution < -0.4 is 4.74 Å². The maximum absolute atomic E-state index is 12.4. The molecule has 25 heavy (non-hydrogen) atoms. The number of carbonyl (C=O) groups excluding carboxylic acids is 1. The molecule has 0 amide bonds. The first-order chi connectivity index (χ1) is 11.9. The second-order valence-electron chi connectivity index (χ2n) is 5.29. The van der Waals surface area contributed by atoms with Gasteiger partial charge in [0, 0.05) is 30.6 Å². The Kier molecular flexibility index (Phi) is 4.85. The van der Waals surface area contributed by atoms with Gasteiger partial charge in [-0.1, -0.05) is 25.1 Å². The van der Waals surface area contributed by atoms with Crippen molar-refractivity contribution in [1.82, 2.24) is 9.29 Å². The summed E-state index contributed by atoms with van der Waals surface area (Å²) >= 11 is 1.04. The number of esters is 1. The molecule has 0 fully saturated rings. The van der Waals surface area contributed by atoms with Gasteiger partial charge in [0.2, 0.25) is 10.0 Å². The second kappa shape index (κ2) is 6.91. The predicted octanol–water partition coefficient (Wildman–Crippen LogP) is 3.16. The molecular weight excluding hydrogens is 360 g/mol. The van der Waals surface area contributed by atoms with Crippen LogP contribution in [-0.4, -0.2) is 37.3 Å². The number of benzene rings is 1. The summed E-state index contributed by atoms with van der Waals surface area (Å²) in [5, 5.41) is 2.30. The Bertz CT molecular complexity index is 1020. The van der Waals surface area contributed by atoms with Gasteiger partial charge in [-0.3, -0.25) is 4.98 Å². The standard InChI is InChI=1S/C17H16N2O4S2/c1-3-19(2)25(21,22)13-10-15(24-11-13)17(20)23-14-8-4-6-12-7-5-9-18-16(12)14/h4-11H,3H2,1-2H3. The number of ether oxygens (including phenoxy) is 1. The fourth-order valence-electron chi connectivity index (χ4n) is 2.22. The molecule has 1 aromatic carbocycles. The number of aromatic nitrogens is 1. The Morgan fingerprint density at radius 1 is 1.28 bits per heavy atom. The van der Waals surface area contributed by atoms with Crippen molar-refractivity contribution in [3.63, 3.8) is 0 Å². The lowest BCUT2D eigenvalue weighted by Gasteiger charge is -2.12. The molecule has 0 radical (unpaired) electrons. The molecule has 0 saturated carbocycles. The Labute approximate surface area is 149 Å². The quantitative estimate of drug-likeness (QED) is 0.505. The largest absolute Gasteiger partial charge is 0.420 e. The second-order valence-corrected chi connectivity index (χ2v) is 8.24. The van der Waals surface area contributed by atoms with Crippen LogP contribution in [0.5, 0.6) is 5.75 Å². The molecule has 6 nitrogen and oxygen atoms in total. The van der Waals surface area contributed by atoms with Crippen molar-refractivity contribution in [3.05, 3.63) is 52.9 Å². The monoisotopic (exact) mass is 376 g/mol. The molecule has 0 saturated heterocycles. The number of hydrogen-bond donors (Lipinski definition) is 0. The molecule has 130 valence electrons. The van der Waals surface area contributed by atoms with Crippen molar-refractivity contribution in [2.75, 3.05) is 13.6 Å². The number of fused-ring (bicyclic) bond motifs is 1. The maximum Gasteiger partial charge on any atom is 0.353 e. The van der Waals surface area contributed by atoms with E-state index in [0.29, 0.717) is 17.8 Å². The first kappa shape index (κ1) is 17.5. The van der Waals surface area contributed by atoms with Gasteiger partial charge in [0.05, 0.1) is 4.90 Å². The third-order valence-electron chi connectivity index (χ3n) is 3.73. The smallest absolute Gasteiger partial charge is 0.353 e. The number of hydrogen-bond acceptors (Lipinski definition) is 6. The predicted molar refractivity (Wildman–Crippen MR) is 96.5 cm³/mol. The van der Waals surface area contributed by atoms with Gasteiger partial charge in [-0.2, -0.15) is 0 Å². The first-order valence-corrected chi connectivity index (χ1v) is 9.86. The van der Waals surface area contributed by atoms with Crippen LogP contribution in [0.15, 0.2) is 52.9 Å². The molecule has 0 aliphatic carbocycles. The molecule has 0 spiro atoms. The molecule has 2 aromatic heterocycles. The lowest BCUT2D eigenvalue weighted by Crippen LogP contribution is -2.26. The maximum atomic E-state index is 12.4. The molecule has 0 bridgehead atoms. The number of sulfonamides is 1. The molecule has 8 heteroatoms. The molecule has 0 aliphatic rings. The summed E-state index contributed by atoms with van der Waals surface area (Å²) in [5.41, 5.74) is 0.577. The summed E-state index contributed by atoms with van der Waals surface area (Å²) in [6.45, 7) is 2.09. The SMILES string of the molecule is CCN(C)S(=O)(=O)c1csc(C(=O)Oc2cccc3cccnc23)c1. The molecular formula is C17H16N2O4S2. The van der Waals surface area contributed by atoms with Crippen LogP contribution in [0.1, 0.15) is 16.6 Å². The van der Waals surface area contributed by atoms with E-state index in [-0.39, 0.29) is 9.77 Å². The third-order valence-corrected chi connectivity index (χ3v) is 6.70. The van der Waals surface area contributed by atoms with Gasteiger partial charge in [-0.15, -0.1) is 11.3 Å². The van der Waals surface area contributed by atoms with Gasteiger partial charge in [-0.05, 0) is 18.2 Å². The van der Waals surface area contributed by atoms with E-state index in [1.54, 1.807) is 31.3 Å². The Morgan fingerprint density at radius 3 is 2.80 bits per heavy atom. The van der Waals surface area contributed by atoms with Crippen LogP contribution in [-0.2, 0) is 10.0 Å². The van der Waals surface area contributed by atoms with Crippen LogP contribution >= 0.6 is 11.3 Å². The zero-order valence-corrected chi connectivity index (χ0v) is 15.3. The zero-order chi connectivity index (χ0) is 18.0. The normalized spacial score (nSPS) is 11.8. The van der Waals surface area contributed by atoms with Gasteiger partial charge < -0.3 is 4.74 Å². The minimum Gasteiger partial charge on any atom is -0.420 e. The van der Waals surface area contributed by atoms with Gasteiger partial charge in [0.25, 0.3) is 0 Å². The highest BCUT2D eigenvalue weighted by atomic mass is 32.2. The lowest BCUT2D eigenvalue weighted by molar-refractivity contribution is 0.0741. The van der Waals surface area contributed by atoms with E-state index >= 15 is 0 Å². The van der Waals surface area contributed by atoms with Crippen LogP contribution in [0, 0.1) is 0 Å². The number of carbonyl (C=O) groups is 1. The summed E-state index contributed by atoms with van der Waals surface area (Å²) in [6, 6.07) is 10.3. The van der Waals surface area contributed by atoms with E-state index in [0.717, 1.165) is 16.7 Å². The van der Waals surface area contributed by atoms with Gasteiger partial charge in [-0.25, -0.2) is 17.5 Å². The summed E-state index contributed by atoms with van der Waals surface area (Å²) in [6.07, 6.45) is 1.62.